The van der Waals surface area contributed by atoms with Gasteiger partial charge in [-0.05, 0) is 5.56 Å². The Hall–Kier alpha value is -1.39. The molecule has 4 heteroatoms. The molecule has 0 aliphatic carbocycles. The summed E-state index contributed by atoms with van der Waals surface area (Å²) in [6.07, 6.45) is 0. The standard InChI is InChI=1S/C14H17NO3/c16-13(18-7-12-4-2-1-3-5-12)6-15-8-14(9-15)10-17-11-14/h1-5H,6-11H2. The molecule has 3 rings (SSSR count). The van der Waals surface area contributed by atoms with Crippen LogP contribution in [-0.2, 0) is 20.9 Å². The fraction of sp³-hybridized carbons (Fsp3) is 0.500. The van der Waals surface area contributed by atoms with Crippen LogP contribution < -0.4 is 0 Å². The van der Waals surface area contributed by atoms with Gasteiger partial charge < -0.3 is 9.47 Å². The maximum atomic E-state index is 11.6. The number of benzene rings is 1. The summed E-state index contributed by atoms with van der Waals surface area (Å²) in [5.74, 6) is -0.144. The molecule has 0 bridgehead atoms. The van der Waals surface area contributed by atoms with Gasteiger partial charge in [0.05, 0.1) is 19.8 Å². The molecular weight excluding hydrogens is 230 g/mol. The third-order valence-corrected chi connectivity index (χ3v) is 3.53. The van der Waals surface area contributed by atoms with Gasteiger partial charge in [0.25, 0.3) is 0 Å². The zero-order valence-corrected chi connectivity index (χ0v) is 10.3. The highest BCUT2D eigenvalue weighted by Crippen LogP contribution is 2.37. The van der Waals surface area contributed by atoms with E-state index in [0.717, 1.165) is 31.9 Å². The third kappa shape index (κ3) is 2.40. The van der Waals surface area contributed by atoms with Crippen LogP contribution in [0.15, 0.2) is 30.3 Å². The van der Waals surface area contributed by atoms with Crippen molar-refractivity contribution in [3.05, 3.63) is 35.9 Å². The van der Waals surface area contributed by atoms with Gasteiger partial charge in [-0.3, -0.25) is 9.69 Å². The van der Waals surface area contributed by atoms with Gasteiger partial charge in [-0.15, -0.1) is 0 Å². The first-order chi connectivity index (χ1) is 8.76. The van der Waals surface area contributed by atoms with E-state index in [0.29, 0.717) is 18.6 Å². The van der Waals surface area contributed by atoms with Crippen LogP contribution in [0.1, 0.15) is 5.56 Å². The minimum Gasteiger partial charge on any atom is -0.460 e. The van der Waals surface area contributed by atoms with Crippen LogP contribution in [0.3, 0.4) is 0 Å². The molecule has 2 saturated heterocycles. The first-order valence-electron chi connectivity index (χ1n) is 6.25. The molecule has 0 N–H and O–H groups in total. The lowest BCUT2D eigenvalue weighted by atomic mass is 9.78. The molecule has 0 saturated carbocycles. The molecule has 1 aromatic carbocycles. The number of ether oxygens (including phenoxy) is 2. The lowest BCUT2D eigenvalue weighted by Crippen LogP contribution is -2.66. The van der Waals surface area contributed by atoms with E-state index in [4.69, 9.17) is 9.47 Å². The highest BCUT2D eigenvalue weighted by atomic mass is 16.5. The average molecular weight is 247 g/mol. The average Bonchev–Trinajstić information content (AvgIpc) is 2.29. The van der Waals surface area contributed by atoms with Gasteiger partial charge in [-0.25, -0.2) is 0 Å². The van der Waals surface area contributed by atoms with Crippen molar-refractivity contribution >= 4 is 5.97 Å². The fourth-order valence-corrected chi connectivity index (χ4v) is 2.55. The normalized spacial score (nSPS) is 21.1. The Morgan fingerprint density at radius 2 is 2.00 bits per heavy atom. The Bertz CT molecular complexity index is 420. The molecular formula is C14H17NO3. The van der Waals surface area contributed by atoms with E-state index >= 15 is 0 Å². The maximum absolute atomic E-state index is 11.6. The predicted molar refractivity (Wildman–Crippen MR) is 65.9 cm³/mol. The van der Waals surface area contributed by atoms with E-state index in [-0.39, 0.29) is 5.97 Å². The number of esters is 1. The van der Waals surface area contributed by atoms with Gasteiger partial charge in [0.15, 0.2) is 0 Å². The number of carbonyl (C=O) groups is 1. The summed E-state index contributed by atoms with van der Waals surface area (Å²) < 4.78 is 10.4. The summed E-state index contributed by atoms with van der Waals surface area (Å²) in [5.41, 5.74) is 1.39. The second-order valence-electron chi connectivity index (χ2n) is 5.28. The second-order valence-corrected chi connectivity index (χ2v) is 5.28. The molecule has 2 heterocycles. The molecule has 2 aliphatic heterocycles. The van der Waals surface area contributed by atoms with Crippen molar-refractivity contribution < 1.29 is 14.3 Å². The lowest BCUT2D eigenvalue weighted by Gasteiger charge is -2.54. The molecule has 1 spiro atoms. The van der Waals surface area contributed by atoms with Crippen molar-refractivity contribution in [1.29, 1.82) is 0 Å². The van der Waals surface area contributed by atoms with Crippen molar-refractivity contribution in [2.75, 3.05) is 32.8 Å². The smallest absolute Gasteiger partial charge is 0.320 e. The van der Waals surface area contributed by atoms with Gasteiger partial charge in [0.1, 0.15) is 6.61 Å². The summed E-state index contributed by atoms with van der Waals surface area (Å²) >= 11 is 0. The molecule has 18 heavy (non-hydrogen) atoms. The van der Waals surface area contributed by atoms with Crippen molar-refractivity contribution in [2.24, 2.45) is 5.41 Å². The van der Waals surface area contributed by atoms with Crippen LogP contribution >= 0.6 is 0 Å². The van der Waals surface area contributed by atoms with Crippen molar-refractivity contribution in [2.45, 2.75) is 6.61 Å². The number of carbonyl (C=O) groups excluding carboxylic acids is 1. The van der Waals surface area contributed by atoms with Gasteiger partial charge in [0.2, 0.25) is 0 Å². The second kappa shape index (κ2) is 4.71. The van der Waals surface area contributed by atoms with Crippen molar-refractivity contribution in [3.63, 3.8) is 0 Å². The molecule has 2 fully saturated rings. The first-order valence-corrected chi connectivity index (χ1v) is 6.25. The maximum Gasteiger partial charge on any atom is 0.320 e. The van der Waals surface area contributed by atoms with E-state index in [1.807, 2.05) is 30.3 Å². The molecule has 4 nitrogen and oxygen atoms in total. The van der Waals surface area contributed by atoms with Crippen molar-refractivity contribution in [1.82, 2.24) is 4.90 Å². The van der Waals surface area contributed by atoms with Crippen LogP contribution in [-0.4, -0.2) is 43.7 Å². The summed E-state index contributed by atoms with van der Waals surface area (Å²) in [5, 5.41) is 0. The van der Waals surface area contributed by atoms with Crippen LogP contribution in [0, 0.1) is 5.41 Å². The molecule has 0 unspecified atom stereocenters. The van der Waals surface area contributed by atoms with Gasteiger partial charge >= 0.3 is 5.97 Å². The molecule has 0 atom stereocenters. The number of hydrogen-bond acceptors (Lipinski definition) is 4. The van der Waals surface area contributed by atoms with Crippen LogP contribution in [0.5, 0.6) is 0 Å². The lowest BCUT2D eigenvalue weighted by molar-refractivity contribution is -0.193. The zero-order chi connectivity index (χ0) is 12.4. The van der Waals surface area contributed by atoms with Crippen molar-refractivity contribution in [3.8, 4) is 0 Å². The predicted octanol–water partition coefficient (Wildman–Crippen LogP) is 1.06. The Morgan fingerprint density at radius 3 is 2.61 bits per heavy atom. The first kappa shape index (κ1) is 11.7. The number of hydrogen-bond donors (Lipinski definition) is 0. The molecule has 96 valence electrons. The summed E-state index contributed by atoms with van der Waals surface area (Å²) in [4.78, 5) is 13.8. The zero-order valence-electron chi connectivity index (χ0n) is 10.3. The van der Waals surface area contributed by atoms with E-state index in [9.17, 15) is 4.79 Å². The number of rotatable bonds is 4. The topological polar surface area (TPSA) is 38.8 Å². The summed E-state index contributed by atoms with van der Waals surface area (Å²) in [6, 6.07) is 9.75. The third-order valence-electron chi connectivity index (χ3n) is 3.53. The van der Waals surface area contributed by atoms with E-state index in [1.54, 1.807) is 0 Å². The van der Waals surface area contributed by atoms with Crippen LogP contribution in [0.4, 0.5) is 0 Å². The minimum absolute atomic E-state index is 0.144. The fourth-order valence-electron chi connectivity index (χ4n) is 2.55. The van der Waals surface area contributed by atoms with E-state index in [1.165, 1.54) is 0 Å². The monoisotopic (exact) mass is 247 g/mol. The molecule has 0 amide bonds. The summed E-state index contributed by atoms with van der Waals surface area (Å²) in [7, 11) is 0. The van der Waals surface area contributed by atoms with E-state index in [2.05, 4.69) is 4.90 Å². The van der Waals surface area contributed by atoms with Gasteiger partial charge in [-0.2, -0.15) is 0 Å². The molecule has 0 radical (unpaired) electrons. The largest absolute Gasteiger partial charge is 0.460 e. The van der Waals surface area contributed by atoms with Gasteiger partial charge in [0, 0.05) is 18.5 Å². The van der Waals surface area contributed by atoms with Crippen LogP contribution in [0.25, 0.3) is 0 Å². The number of likely N-dealkylation sites (tertiary alicyclic amines) is 1. The Morgan fingerprint density at radius 1 is 1.28 bits per heavy atom. The molecule has 0 aromatic heterocycles. The SMILES string of the molecule is O=C(CN1CC2(COC2)C1)OCc1ccccc1. The Balaban J connectivity index is 1.38. The molecule has 1 aromatic rings. The Labute approximate surface area is 106 Å². The van der Waals surface area contributed by atoms with E-state index < -0.39 is 0 Å². The molecule has 2 aliphatic rings. The van der Waals surface area contributed by atoms with Crippen LogP contribution in [0.2, 0.25) is 0 Å². The highest BCUT2D eigenvalue weighted by Gasteiger charge is 2.49. The summed E-state index contributed by atoms with van der Waals surface area (Å²) in [6.45, 7) is 4.39. The minimum atomic E-state index is -0.144. The number of nitrogens with zero attached hydrogens (tertiary/aromatic N) is 1. The highest BCUT2D eigenvalue weighted by molar-refractivity contribution is 5.71. The van der Waals surface area contributed by atoms with Gasteiger partial charge in [-0.1, -0.05) is 30.3 Å². The quantitative estimate of drug-likeness (QED) is 0.746. The Kier molecular flexibility index (Phi) is 3.06.